The van der Waals surface area contributed by atoms with Crippen molar-refractivity contribution in [3.05, 3.63) is 46.9 Å². The zero-order chi connectivity index (χ0) is 17.3. The first-order chi connectivity index (χ1) is 11.5. The molecule has 1 aliphatic heterocycles. The van der Waals surface area contributed by atoms with E-state index in [9.17, 15) is 9.18 Å². The minimum atomic E-state index is -0.532. The maximum atomic E-state index is 14.5. The van der Waals surface area contributed by atoms with Crippen LogP contribution in [0.2, 0.25) is 0 Å². The van der Waals surface area contributed by atoms with Gasteiger partial charge in [0.2, 0.25) is 5.88 Å². The quantitative estimate of drug-likeness (QED) is 0.796. The first-order valence-electron chi connectivity index (χ1n) is 8.13. The van der Waals surface area contributed by atoms with Crippen molar-refractivity contribution >= 4 is 5.97 Å². The van der Waals surface area contributed by atoms with Crippen molar-refractivity contribution in [2.45, 2.75) is 39.7 Å². The highest BCUT2D eigenvalue weighted by Crippen LogP contribution is 2.36. The fourth-order valence-corrected chi connectivity index (χ4v) is 2.87. The number of esters is 1. The molecule has 0 unspecified atom stereocenters. The highest BCUT2D eigenvalue weighted by atomic mass is 19.1. The van der Waals surface area contributed by atoms with Crippen LogP contribution in [0.25, 0.3) is 11.1 Å². The van der Waals surface area contributed by atoms with Crippen molar-refractivity contribution in [2.24, 2.45) is 0 Å². The van der Waals surface area contributed by atoms with E-state index < -0.39 is 5.97 Å². The largest absolute Gasteiger partial charge is 0.474 e. The van der Waals surface area contributed by atoms with Gasteiger partial charge in [-0.05, 0) is 56.9 Å². The van der Waals surface area contributed by atoms with Crippen LogP contribution in [0, 0.1) is 12.7 Å². The standard InChI is InChI=1S/C19H20FNO3/c1-4-23-19(22)17-10-15(13-7-5-11(2)9-16(13)20)14-8-6-12(3)24-18(14)21-17/h5,7,9-10,12H,4,6,8H2,1-3H3/t12-/m1/s1. The third-order valence-corrected chi connectivity index (χ3v) is 4.10. The van der Waals surface area contributed by atoms with Gasteiger partial charge in [-0.25, -0.2) is 14.2 Å². The maximum Gasteiger partial charge on any atom is 0.357 e. The van der Waals surface area contributed by atoms with Crippen LogP contribution in [-0.2, 0) is 11.2 Å². The highest BCUT2D eigenvalue weighted by molar-refractivity contribution is 5.90. The number of pyridine rings is 1. The van der Waals surface area contributed by atoms with Gasteiger partial charge in [0.15, 0.2) is 5.69 Å². The van der Waals surface area contributed by atoms with Gasteiger partial charge < -0.3 is 9.47 Å². The molecule has 4 nitrogen and oxygen atoms in total. The van der Waals surface area contributed by atoms with E-state index in [4.69, 9.17) is 9.47 Å². The van der Waals surface area contributed by atoms with E-state index in [0.717, 1.165) is 24.0 Å². The zero-order valence-electron chi connectivity index (χ0n) is 14.1. The lowest BCUT2D eigenvalue weighted by Gasteiger charge is -2.25. The molecule has 0 saturated heterocycles. The molecule has 1 aromatic carbocycles. The number of rotatable bonds is 3. The average Bonchev–Trinajstić information content (AvgIpc) is 2.54. The summed E-state index contributed by atoms with van der Waals surface area (Å²) >= 11 is 0. The Morgan fingerprint density at radius 2 is 2.17 bits per heavy atom. The zero-order valence-corrected chi connectivity index (χ0v) is 14.1. The van der Waals surface area contributed by atoms with Crippen molar-refractivity contribution in [1.82, 2.24) is 4.98 Å². The van der Waals surface area contributed by atoms with E-state index >= 15 is 0 Å². The van der Waals surface area contributed by atoms with Crippen molar-refractivity contribution in [3.8, 4) is 17.0 Å². The maximum absolute atomic E-state index is 14.5. The van der Waals surface area contributed by atoms with Gasteiger partial charge in [-0.15, -0.1) is 0 Å². The Morgan fingerprint density at radius 1 is 1.38 bits per heavy atom. The van der Waals surface area contributed by atoms with Crippen LogP contribution in [0.1, 0.15) is 41.9 Å². The molecule has 1 aliphatic rings. The number of benzene rings is 1. The molecule has 2 heterocycles. The minimum absolute atomic E-state index is 0.0122. The predicted molar refractivity (Wildman–Crippen MR) is 88.7 cm³/mol. The summed E-state index contributed by atoms with van der Waals surface area (Å²) in [5, 5.41) is 0. The molecule has 3 rings (SSSR count). The number of hydrogen-bond acceptors (Lipinski definition) is 4. The summed E-state index contributed by atoms with van der Waals surface area (Å²) in [5.41, 5.74) is 2.91. The van der Waals surface area contributed by atoms with E-state index in [-0.39, 0.29) is 24.2 Å². The number of halogens is 1. The van der Waals surface area contributed by atoms with E-state index in [1.165, 1.54) is 6.07 Å². The molecule has 126 valence electrons. The number of ether oxygens (including phenoxy) is 2. The third-order valence-electron chi connectivity index (χ3n) is 4.10. The Morgan fingerprint density at radius 3 is 2.88 bits per heavy atom. The molecule has 2 aromatic rings. The number of aryl methyl sites for hydroxylation is 1. The molecule has 24 heavy (non-hydrogen) atoms. The van der Waals surface area contributed by atoms with Gasteiger partial charge in [-0.1, -0.05) is 12.1 Å². The number of fused-ring (bicyclic) bond motifs is 1. The lowest BCUT2D eigenvalue weighted by Crippen LogP contribution is -2.22. The van der Waals surface area contributed by atoms with Gasteiger partial charge >= 0.3 is 5.97 Å². The van der Waals surface area contributed by atoms with Crippen LogP contribution in [0.4, 0.5) is 4.39 Å². The van der Waals surface area contributed by atoms with E-state index in [1.54, 1.807) is 19.1 Å². The smallest absolute Gasteiger partial charge is 0.357 e. The average molecular weight is 329 g/mol. The van der Waals surface area contributed by atoms with E-state index in [2.05, 4.69) is 4.98 Å². The predicted octanol–water partition coefficient (Wildman–Crippen LogP) is 4.09. The van der Waals surface area contributed by atoms with Crippen LogP contribution < -0.4 is 4.74 Å². The van der Waals surface area contributed by atoms with Crippen molar-refractivity contribution in [1.29, 1.82) is 0 Å². The fourth-order valence-electron chi connectivity index (χ4n) is 2.87. The lowest BCUT2D eigenvalue weighted by molar-refractivity contribution is 0.0517. The SMILES string of the molecule is CCOC(=O)c1cc(-c2ccc(C)cc2F)c2c(n1)O[C@H](C)CC2. The molecule has 0 spiro atoms. The molecule has 1 atom stereocenters. The molecule has 0 radical (unpaired) electrons. The summed E-state index contributed by atoms with van der Waals surface area (Å²) in [6.07, 6.45) is 1.57. The normalized spacial score (nSPS) is 16.2. The van der Waals surface area contributed by atoms with Gasteiger partial charge in [0.1, 0.15) is 5.82 Å². The second-order valence-corrected chi connectivity index (χ2v) is 6.01. The number of carbonyl (C=O) groups is 1. The number of hydrogen-bond donors (Lipinski definition) is 0. The molecule has 0 bridgehead atoms. The molecule has 5 heteroatoms. The summed E-state index contributed by atoms with van der Waals surface area (Å²) in [4.78, 5) is 16.4. The third kappa shape index (κ3) is 3.11. The monoisotopic (exact) mass is 329 g/mol. The second-order valence-electron chi connectivity index (χ2n) is 6.01. The van der Waals surface area contributed by atoms with Crippen LogP contribution in [0.15, 0.2) is 24.3 Å². The van der Waals surface area contributed by atoms with Gasteiger partial charge in [-0.3, -0.25) is 0 Å². The Hall–Kier alpha value is -2.43. The molecule has 0 N–H and O–H groups in total. The molecule has 0 fully saturated rings. The molecule has 0 saturated carbocycles. The summed E-state index contributed by atoms with van der Waals surface area (Å²) < 4.78 is 25.3. The Balaban J connectivity index is 2.17. The lowest BCUT2D eigenvalue weighted by atomic mass is 9.94. The van der Waals surface area contributed by atoms with Crippen LogP contribution in [0.5, 0.6) is 5.88 Å². The molecule has 0 aliphatic carbocycles. The van der Waals surface area contributed by atoms with Crippen molar-refractivity contribution < 1.29 is 18.7 Å². The first-order valence-corrected chi connectivity index (χ1v) is 8.13. The van der Waals surface area contributed by atoms with Gasteiger partial charge in [0.05, 0.1) is 12.7 Å². The number of aromatic nitrogens is 1. The summed E-state index contributed by atoms with van der Waals surface area (Å²) in [6, 6.07) is 6.66. The topological polar surface area (TPSA) is 48.4 Å². The Labute approximate surface area is 140 Å². The molecular weight excluding hydrogens is 309 g/mol. The Bertz CT molecular complexity index is 788. The van der Waals surface area contributed by atoms with Crippen LogP contribution >= 0.6 is 0 Å². The van der Waals surface area contributed by atoms with Gasteiger partial charge in [0, 0.05) is 11.1 Å². The minimum Gasteiger partial charge on any atom is -0.474 e. The van der Waals surface area contributed by atoms with E-state index in [1.807, 2.05) is 19.9 Å². The summed E-state index contributed by atoms with van der Waals surface area (Å²) in [6.45, 7) is 5.77. The summed E-state index contributed by atoms with van der Waals surface area (Å²) in [7, 11) is 0. The fraction of sp³-hybridized carbons (Fsp3) is 0.368. The molecule has 0 amide bonds. The first kappa shape index (κ1) is 16.4. The van der Waals surface area contributed by atoms with Gasteiger partial charge in [-0.2, -0.15) is 0 Å². The van der Waals surface area contributed by atoms with Gasteiger partial charge in [0.25, 0.3) is 0 Å². The molecular formula is C19H20FNO3. The Kier molecular flexibility index (Phi) is 4.51. The van der Waals surface area contributed by atoms with Crippen molar-refractivity contribution in [3.63, 3.8) is 0 Å². The number of carbonyl (C=O) groups excluding carboxylic acids is 1. The number of nitrogens with zero attached hydrogens (tertiary/aromatic N) is 1. The highest BCUT2D eigenvalue weighted by Gasteiger charge is 2.25. The van der Waals surface area contributed by atoms with E-state index in [0.29, 0.717) is 17.0 Å². The summed E-state index contributed by atoms with van der Waals surface area (Å²) in [5.74, 6) is -0.456. The van der Waals surface area contributed by atoms with Crippen molar-refractivity contribution in [2.75, 3.05) is 6.61 Å². The molecule has 1 aromatic heterocycles. The van der Waals surface area contributed by atoms with Crippen LogP contribution in [-0.4, -0.2) is 23.7 Å². The second kappa shape index (κ2) is 6.59. The van der Waals surface area contributed by atoms with Crippen LogP contribution in [0.3, 0.4) is 0 Å².